The number of pyridine rings is 1. The van der Waals surface area contributed by atoms with Crippen molar-refractivity contribution in [3.05, 3.63) is 29.8 Å². The first-order chi connectivity index (χ1) is 7.80. The highest BCUT2D eigenvalue weighted by Gasteiger charge is 2.07. The van der Waals surface area contributed by atoms with E-state index in [0.29, 0.717) is 0 Å². The van der Waals surface area contributed by atoms with Crippen LogP contribution in [0.4, 0.5) is 5.82 Å². The largest absolute Gasteiger partial charge is 0.494 e. The zero-order valence-corrected chi connectivity index (χ0v) is 9.87. The Morgan fingerprint density at radius 3 is 2.81 bits per heavy atom. The molecular formula is C13H16N2O. The summed E-state index contributed by atoms with van der Waals surface area (Å²) in [6, 6.07) is 8.14. The fourth-order valence-electron chi connectivity index (χ4n) is 1.87. The minimum absolute atomic E-state index is 0.816. The molecule has 2 rings (SSSR count). The molecular weight excluding hydrogens is 200 g/mol. The summed E-state index contributed by atoms with van der Waals surface area (Å²) in [5.74, 6) is 1.75. The third-order valence-electron chi connectivity index (χ3n) is 2.73. The van der Waals surface area contributed by atoms with Crippen LogP contribution in [0, 0.1) is 0 Å². The van der Waals surface area contributed by atoms with Crippen LogP contribution in [0.15, 0.2) is 24.3 Å². The van der Waals surface area contributed by atoms with Gasteiger partial charge in [0.2, 0.25) is 0 Å². The normalized spacial score (nSPS) is 10.4. The van der Waals surface area contributed by atoms with Gasteiger partial charge in [-0.3, -0.25) is 0 Å². The van der Waals surface area contributed by atoms with Crippen molar-refractivity contribution in [1.82, 2.24) is 4.98 Å². The Bertz CT molecular complexity index is 509. The van der Waals surface area contributed by atoms with Crippen LogP contribution in [0.5, 0.6) is 5.75 Å². The zero-order valence-electron chi connectivity index (χ0n) is 9.87. The van der Waals surface area contributed by atoms with Crippen molar-refractivity contribution < 1.29 is 4.74 Å². The maximum Gasteiger partial charge on any atom is 0.145 e. The van der Waals surface area contributed by atoms with Gasteiger partial charge in [0.05, 0.1) is 7.11 Å². The molecule has 0 saturated heterocycles. The van der Waals surface area contributed by atoms with E-state index >= 15 is 0 Å². The van der Waals surface area contributed by atoms with E-state index in [1.807, 2.05) is 19.2 Å². The van der Waals surface area contributed by atoms with Crippen LogP contribution in [0.3, 0.4) is 0 Å². The number of nitrogens with zero attached hydrogens (tertiary/aromatic N) is 1. The number of aryl methyl sites for hydroxylation is 1. The molecule has 0 aliphatic carbocycles. The van der Waals surface area contributed by atoms with E-state index in [9.17, 15) is 0 Å². The van der Waals surface area contributed by atoms with Gasteiger partial charge in [-0.05, 0) is 24.1 Å². The lowest BCUT2D eigenvalue weighted by Gasteiger charge is -2.10. The van der Waals surface area contributed by atoms with Crippen LogP contribution in [0.25, 0.3) is 10.9 Å². The van der Waals surface area contributed by atoms with Gasteiger partial charge < -0.3 is 10.1 Å². The molecule has 1 aromatic heterocycles. The lowest BCUT2D eigenvalue weighted by molar-refractivity contribution is 0.419. The molecule has 1 aromatic carbocycles. The predicted molar refractivity (Wildman–Crippen MR) is 67.2 cm³/mol. The summed E-state index contributed by atoms with van der Waals surface area (Å²) in [4.78, 5) is 4.60. The maximum atomic E-state index is 5.31. The Kier molecular flexibility index (Phi) is 2.95. The van der Waals surface area contributed by atoms with Crippen molar-refractivity contribution in [1.29, 1.82) is 0 Å². The minimum atomic E-state index is 0.816. The van der Waals surface area contributed by atoms with Crippen molar-refractivity contribution in [3.8, 4) is 5.75 Å². The number of ether oxygens (including phenoxy) is 1. The molecule has 3 nitrogen and oxygen atoms in total. The van der Waals surface area contributed by atoms with Crippen LogP contribution < -0.4 is 10.1 Å². The molecule has 1 heterocycles. The molecule has 0 bridgehead atoms. The quantitative estimate of drug-likeness (QED) is 0.856. The van der Waals surface area contributed by atoms with Crippen LogP contribution in [-0.4, -0.2) is 19.1 Å². The molecule has 84 valence electrons. The van der Waals surface area contributed by atoms with Gasteiger partial charge in [-0.2, -0.15) is 0 Å². The first-order valence-corrected chi connectivity index (χ1v) is 5.44. The van der Waals surface area contributed by atoms with Crippen molar-refractivity contribution in [3.63, 3.8) is 0 Å². The van der Waals surface area contributed by atoms with Crippen LogP contribution in [0.1, 0.15) is 12.5 Å². The van der Waals surface area contributed by atoms with Gasteiger partial charge >= 0.3 is 0 Å². The molecule has 3 heteroatoms. The Hall–Kier alpha value is -1.77. The first-order valence-electron chi connectivity index (χ1n) is 5.44. The van der Waals surface area contributed by atoms with Gasteiger partial charge in [0.25, 0.3) is 0 Å². The van der Waals surface area contributed by atoms with Crippen molar-refractivity contribution >= 4 is 16.7 Å². The summed E-state index contributed by atoms with van der Waals surface area (Å²) in [5.41, 5.74) is 2.13. The molecule has 0 aliphatic heterocycles. The molecule has 0 aliphatic rings. The maximum absolute atomic E-state index is 5.31. The van der Waals surface area contributed by atoms with Crippen LogP contribution >= 0.6 is 0 Å². The highest BCUT2D eigenvalue weighted by molar-refractivity contribution is 5.87. The molecule has 0 saturated carbocycles. The minimum Gasteiger partial charge on any atom is -0.494 e. The third-order valence-corrected chi connectivity index (χ3v) is 2.73. The average Bonchev–Trinajstić information content (AvgIpc) is 2.36. The van der Waals surface area contributed by atoms with Crippen molar-refractivity contribution in [2.45, 2.75) is 13.3 Å². The highest BCUT2D eigenvalue weighted by atomic mass is 16.5. The summed E-state index contributed by atoms with van der Waals surface area (Å²) in [6.07, 6.45) is 0.969. The van der Waals surface area contributed by atoms with Gasteiger partial charge in [0.15, 0.2) is 0 Å². The summed E-state index contributed by atoms with van der Waals surface area (Å²) in [5, 5.41) is 4.24. The molecule has 0 amide bonds. The Balaban J connectivity index is 2.72. The standard InChI is InChI=1S/C13H16N2O/c1-4-9-8-10-6-5-7-11(16-3)12(10)15-13(9)14-2/h5-8H,4H2,1-3H3,(H,14,15). The molecule has 0 spiro atoms. The van der Waals surface area contributed by atoms with E-state index in [4.69, 9.17) is 4.74 Å². The second kappa shape index (κ2) is 4.39. The Morgan fingerprint density at radius 2 is 2.19 bits per heavy atom. The number of nitrogens with one attached hydrogen (secondary N) is 1. The molecule has 0 atom stereocenters. The second-order valence-electron chi connectivity index (χ2n) is 3.63. The predicted octanol–water partition coefficient (Wildman–Crippen LogP) is 2.85. The Morgan fingerprint density at radius 1 is 1.38 bits per heavy atom. The monoisotopic (exact) mass is 216 g/mol. The fourth-order valence-corrected chi connectivity index (χ4v) is 1.87. The number of hydrogen-bond donors (Lipinski definition) is 1. The summed E-state index contributed by atoms with van der Waals surface area (Å²) in [7, 11) is 3.56. The number of methoxy groups -OCH3 is 1. The van der Waals surface area contributed by atoms with E-state index < -0.39 is 0 Å². The zero-order chi connectivity index (χ0) is 11.5. The van der Waals surface area contributed by atoms with Gasteiger partial charge in [0.1, 0.15) is 17.1 Å². The van der Waals surface area contributed by atoms with Crippen LogP contribution in [-0.2, 0) is 6.42 Å². The van der Waals surface area contributed by atoms with E-state index in [-0.39, 0.29) is 0 Å². The van der Waals surface area contributed by atoms with Gasteiger partial charge in [-0.15, -0.1) is 0 Å². The SMILES string of the molecule is CCc1cc2cccc(OC)c2nc1NC. The molecule has 0 fully saturated rings. The lowest BCUT2D eigenvalue weighted by Crippen LogP contribution is -1.99. The summed E-state index contributed by atoms with van der Waals surface area (Å²) >= 11 is 0. The van der Waals surface area contributed by atoms with Crippen LogP contribution in [0.2, 0.25) is 0 Å². The second-order valence-corrected chi connectivity index (χ2v) is 3.63. The first kappa shape index (κ1) is 10.7. The molecule has 0 radical (unpaired) electrons. The van der Waals surface area contributed by atoms with E-state index in [0.717, 1.165) is 28.9 Å². The van der Waals surface area contributed by atoms with E-state index in [2.05, 4.69) is 29.4 Å². The van der Waals surface area contributed by atoms with Gasteiger partial charge in [0, 0.05) is 12.4 Å². The van der Waals surface area contributed by atoms with Crippen molar-refractivity contribution in [2.75, 3.05) is 19.5 Å². The molecule has 1 N–H and O–H groups in total. The number of anilines is 1. The third kappa shape index (κ3) is 1.69. The fraction of sp³-hybridized carbons (Fsp3) is 0.308. The van der Waals surface area contributed by atoms with E-state index in [1.54, 1.807) is 7.11 Å². The number of fused-ring (bicyclic) bond motifs is 1. The topological polar surface area (TPSA) is 34.1 Å². The summed E-state index contributed by atoms with van der Waals surface area (Å²) < 4.78 is 5.31. The molecule has 0 unspecified atom stereocenters. The molecule has 16 heavy (non-hydrogen) atoms. The number of rotatable bonds is 3. The number of para-hydroxylation sites is 1. The lowest BCUT2D eigenvalue weighted by atomic mass is 10.1. The summed E-state index contributed by atoms with van der Waals surface area (Å²) in [6.45, 7) is 2.13. The number of aromatic nitrogens is 1. The van der Waals surface area contributed by atoms with Gasteiger partial charge in [-0.1, -0.05) is 19.1 Å². The van der Waals surface area contributed by atoms with Crippen molar-refractivity contribution in [2.24, 2.45) is 0 Å². The Labute approximate surface area is 95.5 Å². The highest BCUT2D eigenvalue weighted by Crippen LogP contribution is 2.27. The average molecular weight is 216 g/mol. The number of hydrogen-bond acceptors (Lipinski definition) is 3. The van der Waals surface area contributed by atoms with E-state index in [1.165, 1.54) is 5.56 Å². The number of benzene rings is 1. The smallest absolute Gasteiger partial charge is 0.145 e. The van der Waals surface area contributed by atoms with Gasteiger partial charge in [-0.25, -0.2) is 4.98 Å². The molecule has 2 aromatic rings.